The molecule has 0 aliphatic carbocycles. The molecule has 0 aromatic carbocycles. The van der Waals surface area contributed by atoms with Crippen molar-refractivity contribution in [3.8, 4) is 33.4 Å². The third kappa shape index (κ3) is 6.47. The van der Waals surface area contributed by atoms with Gasteiger partial charge in [0.25, 0.3) is 0 Å². The summed E-state index contributed by atoms with van der Waals surface area (Å²) in [5.41, 5.74) is 0. The molecule has 0 aliphatic heterocycles. The van der Waals surface area contributed by atoms with Crippen molar-refractivity contribution in [3.63, 3.8) is 0 Å². The van der Waals surface area contributed by atoms with Crippen molar-refractivity contribution in [2.75, 3.05) is 0 Å². The van der Waals surface area contributed by atoms with E-state index in [0.717, 1.165) is 19.5 Å². The van der Waals surface area contributed by atoms with E-state index in [1.807, 2.05) is 22.7 Å². The lowest BCUT2D eigenvalue weighted by Crippen LogP contribution is -1.76. The Balaban J connectivity index is 1.40. The molecule has 0 unspecified atom stereocenters. The zero-order valence-electron chi connectivity index (χ0n) is 18.5. The summed E-state index contributed by atoms with van der Waals surface area (Å²) in [5.74, 6) is 13.4. The molecule has 0 radical (unpaired) electrons. The minimum Gasteiger partial charge on any atom is -0.132 e. The van der Waals surface area contributed by atoms with Crippen molar-refractivity contribution >= 4 is 45.3 Å². The van der Waals surface area contributed by atoms with Crippen LogP contribution in [0.25, 0.3) is 9.75 Å². The third-order valence-corrected chi connectivity index (χ3v) is 9.27. The molecule has 4 rings (SSSR count). The Hall–Kier alpha value is -2.08. The third-order valence-electron chi connectivity index (χ3n) is 4.95. The van der Waals surface area contributed by atoms with Crippen molar-refractivity contribution < 1.29 is 0 Å². The Bertz CT molecular complexity index is 1170. The first-order valence-electron chi connectivity index (χ1n) is 11.1. The summed E-state index contributed by atoms with van der Waals surface area (Å²) < 4.78 is 0. The van der Waals surface area contributed by atoms with Gasteiger partial charge in [0, 0.05) is 19.5 Å². The van der Waals surface area contributed by atoms with Gasteiger partial charge in [0.15, 0.2) is 0 Å². The van der Waals surface area contributed by atoms with Gasteiger partial charge in [-0.2, -0.15) is 0 Å². The summed E-state index contributed by atoms with van der Waals surface area (Å²) >= 11 is 7.17. The fraction of sp³-hybridized carbons (Fsp3) is 0.286. The summed E-state index contributed by atoms with van der Waals surface area (Å²) in [4.78, 5) is 9.95. The molecule has 0 bridgehead atoms. The molecule has 0 fully saturated rings. The molecule has 0 amide bonds. The lowest BCUT2D eigenvalue weighted by molar-refractivity contribution is 0.804. The molecule has 162 valence electrons. The van der Waals surface area contributed by atoms with E-state index < -0.39 is 0 Å². The molecular weight excluding hydrogens is 465 g/mol. The topological polar surface area (TPSA) is 0 Å². The first-order valence-corrected chi connectivity index (χ1v) is 14.4. The molecule has 0 nitrogen and oxygen atoms in total. The normalized spacial score (nSPS) is 10.4. The molecule has 0 saturated heterocycles. The van der Waals surface area contributed by atoms with Crippen molar-refractivity contribution in [2.24, 2.45) is 0 Å². The highest BCUT2D eigenvalue weighted by Gasteiger charge is 2.05. The quantitative estimate of drug-likeness (QED) is 0.227. The van der Waals surface area contributed by atoms with Crippen LogP contribution in [0.4, 0.5) is 0 Å². The summed E-state index contributed by atoms with van der Waals surface area (Å²) in [5, 5.41) is 0. The number of thiophene rings is 4. The van der Waals surface area contributed by atoms with Crippen LogP contribution in [0.15, 0.2) is 48.5 Å². The molecule has 4 heterocycles. The van der Waals surface area contributed by atoms with Crippen LogP contribution < -0.4 is 0 Å². The van der Waals surface area contributed by atoms with Crippen LogP contribution in [0.2, 0.25) is 0 Å². The predicted octanol–water partition coefficient (Wildman–Crippen LogP) is 9.08. The lowest BCUT2D eigenvalue weighted by atomic mass is 10.2. The lowest BCUT2D eigenvalue weighted by Gasteiger charge is -1.91. The van der Waals surface area contributed by atoms with Crippen molar-refractivity contribution in [1.82, 2.24) is 0 Å². The fourth-order valence-corrected chi connectivity index (χ4v) is 6.80. The molecule has 0 saturated carbocycles. The second-order valence-electron chi connectivity index (χ2n) is 7.57. The maximum absolute atomic E-state index is 3.35. The second kappa shape index (κ2) is 11.7. The van der Waals surface area contributed by atoms with Gasteiger partial charge in [-0.25, -0.2) is 0 Å². The minimum atomic E-state index is 1.11. The van der Waals surface area contributed by atoms with E-state index in [1.165, 1.54) is 58.0 Å². The molecule has 32 heavy (non-hydrogen) atoms. The average molecular weight is 491 g/mol. The predicted molar refractivity (Wildman–Crippen MR) is 145 cm³/mol. The summed E-state index contributed by atoms with van der Waals surface area (Å²) in [6.07, 6.45) is 7.32. The van der Waals surface area contributed by atoms with Gasteiger partial charge in [-0.05, 0) is 97.9 Å². The van der Waals surface area contributed by atoms with E-state index in [9.17, 15) is 0 Å². The largest absolute Gasteiger partial charge is 0.132 e. The van der Waals surface area contributed by atoms with Gasteiger partial charge in [-0.3, -0.25) is 0 Å². The number of rotatable bonds is 7. The SMILES string of the molecule is CCCCc1ccc(C#Cc2ccc(-c3ccc(C#Cc4ccc(CCCC)s4)s3)s2)s1. The Labute approximate surface area is 208 Å². The van der Waals surface area contributed by atoms with Crippen molar-refractivity contribution in [1.29, 1.82) is 0 Å². The molecule has 4 aromatic rings. The minimum absolute atomic E-state index is 1.11. The zero-order valence-corrected chi connectivity index (χ0v) is 21.8. The van der Waals surface area contributed by atoms with Gasteiger partial charge in [0.2, 0.25) is 0 Å². The molecule has 0 N–H and O–H groups in total. The Morgan fingerprint density at radius 3 is 1.28 bits per heavy atom. The maximum Gasteiger partial charge on any atom is 0.0779 e. The number of hydrogen-bond acceptors (Lipinski definition) is 4. The van der Waals surface area contributed by atoms with Crippen LogP contribution in [-0.2, 0) is 12.8 Å². The van der Waals surface area contributed by atoms with Gasteiger partial charge >= 0.3 is 0 Å². The van der Waals surface area contributed by atoms with E-state index in [2.05, 4.69) is 86.1 Å². The first-order chi connectivity index (χ1) is 15.7. The number of unbranched alkanes of at least 4 members (excludes halogenated alkanes) is 2. The zero-order chi connectivity index (χ0) is 22.2. The van der Waals surface area contributed by atoms with Crippen LogP contribution in [0.3, 0.4) is 0 Å². The van der Waals surface area contributed by atoms with Gasteiger partial charge < -0.3 is 0 Å². The summed E-state index contributed by atoms with van der Waals surface area (Å²) in [7, 11) is 0. The van der Waals surface area contributed by atoms with E-state index in [1.54, 1.807) is 22.7 Å². The average Bonchev–Trinajstić information content (AvgIpc) is 3.60. The molecule has 0 atom stereocenters. The Morgan fingerprint density at radius 1 is 0.500 bits per heavy atom. The van der Waals surface area contributed by atoms with Crippen LogP contribution in [0.5, 0.6) is 0 Å². The van der Waals surface area contributed by atoms with Crippen LogP contribution in [0, 0.1) is 23.7 Å². The Morgan fingerprint density at radius 2 is 0.875 bits per heavy atom. The van der Waals surface area contributed by atoms with Crippen molar-refractivity contribution in [3.05, 3.63) is 77.8 Å². The number of hydrogen-bond donors (Lipinski definition) is 0. The molecule has 4 heteroatoms. The smallest absolute Gasteiger partial charge is 0.0779 e. The fourth-order valence-electron chi connectivity index (χ4n) is 3.18. The standard InChI is InChI=1S/C28H26S4/c1-3-5-7-21-9-11-23(29-21)13-15-25-17-19-27(31-25)28-20-18-26(32-28)16-14-24-12-10-22(30-24)8-6-4-2/h9-12,17-20H,3-8H2,1-2H3. The van der Waals surface area contributed by atoms with Crippen LogP contribution >= 0.6 is 45.3 Å². The van der Waals surface area contributed by atoms with Gasteiger partial charge in [0.1, 0.15) is 0 Å². The van der Waals surface area contributed by atoms with Gasteiger partial charge in [-0.1, -0.05) is 26.7 Å². The second-order valence-corrected chi connectivity index (χ2v) is 12.1. The number of aryl methyl sites for hydroxylation is 2. The molecule has 4 aromatic heterocycles. The van der Waals surface area contributed by atoms with Crippen LogP contribution in [0.1, 0.15) is 68.8 Å². The first kappa shape index (κ1) is 23.1. The van der Waals surface area contributed by atoms with E-state index in [0.29, 0.717) is 0 Å². The monoisotopic (exact) mass is 490 g/mol. The molecular formula is C28H26S4. The highest BCUT2D eigenvalue weighted by molar-refractivity contribution is 7.22. The van der Waals surface area contributed by atoms with E-state index in [-0.39, 0.29) is 0 Å². The summed E-state index contributed by atoms with van der Waals surface area (Å²) in [6.45, 7) is 4.47. The van der Waals surface area contributed by atoms with Gasteiger partial charge in [-0.15, -0.1) is 45.3 Å². The van der Waals surface area contributed by atoms with Crippen LogP contribution in [-0.4, -0.2) is 0 Å². The Kier molecular flexibility index (Phi) is 8.43. The molecule has 0 spiro atoms. The van der Waals surface area contributed by atoms with E-state index >= 15 is 0 Å². The highest BCUT2D eigenvalue weighted by Crippen LogP contribution is 2.33. The molecule has 0 aliphatic rings. The summed E-state index contributed by atoms with van der Waals surface area (Å²) in [6, 6.07) is 17.4. The van der Waals surface area contributed by atoms with Gasteiger partial charge in [0.05, 0.1) is 19.5 Å². The highest BCUT2D eigenvalue weighted by atomic mass is 32.1. The van der Waals surface area contributed by atoms with Crippen molar-refractivity contribution in [2.45, 2.75) is 52.4 Å². The maximum atomic E-state index is 3.35. The van der Waals surface area contributed by atoms with E-state index in [4.69, 9.17) is 0 Å².